The van der Waals surface area contributed by atoms with Gasteiger partial charge < -0.3 is 14.3 Å². The second-order valence-electron chi connectivity index (χ2n) is 4.86. The number of esters is 1. The quantitative estimate of drug-likeness (QED) is 0.799. The van der Waals surface area contributed by atoms with Crippen LogP contribution in [0.3, 0.4) is 0 Å². The Kier molecular flexibility index (Phi) is 4.87. The van der Waals surface area contributed by atoms with E-state index in [1.54, 1.807) is 6.92 Å². The standard InChI is InChI=1S/C13H17NO7S/c1-2-20-13(17)10-3-4-11(21-10)22(18,19)14-7-5-9(6-8-14)12(15)16/h3-4,9H,2,5-8H2,1H3,(H,15,16). The van der Waals surface area contributed by atoms with E-state index in [2.05, 4.69) is 0 Å². The third-order valence-electron chi connectivity index (χ3n) is 3.46. The number of rotatable bonds is 5. The van der Waals surface area contributed by atoms with Crippen molar-refractivity contribution in [2.24, 2.45) is 5.92 Å². The predicted octanol–water partition coefficient (Wildman–Crippen LogP) is 0.942. The highest BCUT2D eigenvalue weighted by molar-refractivity contribution is 7.89. The summed E-state index contributed by atoms with van der Waals surface area (Å²) in [7, 11) is -3.87. The molecule has 0 bridgehead atoms. The molecule has 0 aromatic carbocycles. The first kappa shape index (κ1) is 16.5. The molecule has 0 aliphatic carbocycles. The number of aliphatic carboxylic acids is 1. The van der Waals surface area contributed by atoms with Crippen LogP contribution in [0.1, 0.15) is 30.3 Å². The lowest BCUT2D eigenvalue weighted by Crippen LogP contribution is -2.40. The average Bonchev–Trinajstić information content (AvgIpc) is 2.98. The van der Waals surface area contributed by atoms with E-state index in [1.807, 2.05) is 0 Å². The maximum Gasteiger partial charge on any atom is 0.374 e. The molecule has 1 fully saturated rings. The summed E-state index contributed by atoms with van der Waals surface area (Å²) in [6, 6.07) is 2.44. The summed E-state index contributed by atoms with van der Waals surface area (Å²) >= 11 is 0. The number of ether oxygens (including phenoxy) is 1. The molecule has 1 N–H and O–H groups in total. The van der Waals surface area contributed by atoms with Crippen molar-refractivity contribution in [1.29, 1.82) is 0 Å². The fraction of sp³-hybridized carbons (Fsp3) is 0.538. The number of piperidine rings is 1. The van der Waals surface area contributed by atoms with Gasteiger partial charge in [0.2, 0.25) is 10.9 Å². The zero-order chi connectivity index (χ0) is 16.3. The van der Waals surface area contributed by atoms with Crippen LogP contribution in [0.2, 0.25) is 0 Å². The summed E-state index contributed by atoms with van der Waals surface area (Å²) in [6.07, 6.45) is 0.500. The second kappa shape index (κ2) is 6.49. The minimum Gasteiger partial charge on any atom is -0.481 e. The van der Waals surface area contributed by atoms with Crippen molar-refractivity contribution in [2.75, 3.05) is 19.7 Å². The third kappa shape index (κ3) is 3.30. The van der Waals surface area contributed by atoms with Crippen LogP contribution >= 0.6 is 0 Å². The van der Waals surface area contributed by atoms with Gasteiger partial charge in [-0.15, -0.1) is 0 Å². The molecular formula is C13H17NO7S. The molecule has 0 atom stereocenters. The highest BCUT2D eigenvalue weighted by Gasteiger charge is 2.34. The molecule has 0 radical (unpaired) electrons. The van der Waals surface area contributed by atoms with E-state index in [1.165, 1.54) is 16.4 Å². The second-order valence-corrected chi connectivity index (χ2v) is 6.72. The summed E-state index contributed by atoms with van der Waals surface area (Å²) in [6.45, 7) is 2.00. The van der Waals surface area contributed by atoms with Crippen molar-refractivity contribution >= 4 is 22.0 Å². The molecule has 8 nitrogen and oxygen atoms in total. The molecule has 122 valence electrons. The molecule has 1 saturated heterocycles. The zero-order valence-electron chi connectivity index (χ0n) is 12.0. The fourth-order valence-electron chi connectivity index (χ4n) is 2.24. The van der Waals surface area contributed by atoms with Gasteiger partial charge in [0.1, 0.15) is 0 Å². The maximum atomic E-state index is 12.4. The van der Waals surface area contributed by atoms with Gasteiger partial charge in [-0.25, -0.2) is 13.2 Å². The molecule has 2 heterocycles. The Hall–Kier alpha value is -1.87. The molecule has 0 spiro atoms. The smallest absolute Gasteiger partial charge is 0.374 e. The number of hydrogen-bond acceptors (Lipinski definition) is 6. The van der Waals surface area contributed by atoms with Crippen LogP contribution in [0.25, 0.3) is 0 Å². The van der Waals surface area contributed by atoms with Gasteiger partial charge in [-0.1, -0.05) is 0 Å². The molecule has 0 saturated carbocycles. The van der Waals surface area contributed by atoms with Crippen molar-refractivity contribution in [1.82, 2.24) is 4.31 Å². The fourth-order valence-corrected chi connectivity index (χ4v) is 3.62. The Morgan fingerprint density at radius 3 is 2.55 bits per heavy atom. The Morgan fingerprint density at radius 2 is 2.00 bits per heavy atom. The number of carbonyl (C=O) groups is 2. The molecule has 0 amide bonds. The van der Waals surface area contributed by atoms with Gasteiger partial charge in [-0.3, -0.25) is 4.79 Å². The van der Waals surface area contributed by atoms with Crippen LogP contribution in [-0.4, -0.2) is 49.5 Å². The number of furan rings is 1. The maximum absolute atomic E-state index is 12.4. The van der Waals surface area contributed by atoms with E-state index in [0.29, 0.717) is 0 Å². The van der Waals surface area contributed by atoms with Gasteiger partial charge in [-0.2, -0.15) is 4.31 Å². The Balaban J connectivity index is 2.11. The normalized spacial score (nSPS) is 17.3. The number of carboxylic acid groups (broad SMARTS) is 1. The topological polar surface area (TPSA) is 114 Å². The monoisotopic (exact) mass is 331 g/mol. The van der Waals surface area contributed by atoms with Gasteiger partial charge in [0.05, 0.1) is 12.5 Å². The van der Waals surface area contributed by atoms with Crippen LogP contribution in [0, 0.1) is 5.92 Å². The van der Waals surface area contributed by atoms with Crippen molar-refractivity contribution in [2.45, 2.75) is 24.9 Å². The highest BCUT2D eigenvalue weighted by Crippen LogP contribution is 2.25. The van der Waals surface area contributed by atoms with Gasteiger partial charge in [0, 0.05) is 13.1 Å². The van der Waals surface area contributed by atoms with E-state index in [0.717, 1.165) is 0 Å². The van der Waals surface area contributed by atoms with Crippen LogP contribution in [0.4, 0.5) is 0 Å². The van der Waals surface area contributed by atoms with Gasteiger partial charge in [0.15, 0.2) is 0 Å². The van der Waals surface area contributed by atoms with E-state index in [4.69, 9.17) is 14.3 Å². The van der Waals surface area contributed by atoms with Gasteiger partial charge in [-0.05, 0) is 31.9 Å². The van der Waals surface area contributed by atoms with E-state index < -0.39 is 27.9 Å². The molecular weight excluding hydrogens is 314 g/mol. The van der Waals surface area contributed by atoms with Crippen molar-refractivity contribution in [3.63, 3.8) is 0 Å². The Labute approximate surface area is 127 Å². The summed E-state index contributed by atoms with van der Waals surface area (Å²) in [5, 5.41) is 8.58. The average molecular weight is 331 g/mol. The number of hydrogen-bond donors (Lipinski definition) is 1. The van der Waals surface area contributed by atoms with Crippen molar-refractivity contribution in [3.05, 3.63) is 17.9 Å². The van der Waals surface area contributed by atoms with E-state index >= 15 is 0 Å². The first-order valence-electron chi connectivity index (χ1n) is 6.86. The zero-order valence-corrected chi connectivity index (χ0v) is 12.8. The van der Waals surface area contributed by atoms with E-state index in [-0.39, 0.29) is 43.4 Å². The summed E-state index contributed by atoms with van der Waals surface area (Å²) in [5.41, 5.74) is 0. The highest BCUT2D eigenvalue weighted by atomic mass is 32.2. The number of nitrogens with zero attached hydrogens (tertiary/aromatic N) is 1. The lowest BCUT2D eigenvalue weighted by molar-refractivity contribution is -0.142. The Bertz CT molecular complexity index is 656. The van der Waals surface area contributed by atoms with Crippen LogP contribution < -0.4 is 0 Å². The van der Waals surface area contributed by atoms with Crippen LogP contribution in [0.15, 0.2) is 21.6 Å². The van der Waals surface area contributed by atoms with Gasteiger partial charge >= 0.3 is 11.9 Å². The van der Waals surface area contributed by atoms with Crippen molar-refractivity contribution in [3.8, 4) is 0 Å². The molecule has 1 aliphatic rings. The molecule has 22 heavy (non-hydrogen) atoms. The lowest BCUT2D eigenvalue weighted by Gasteiger charge is -2.28. The minimum atomic E-state index is -3.87. The Morgan fingerprint density at radius 1 is 1.36 bits per heavy atom. The predicted molar refractivity (Wildman–Crippen MR) is 73.8 cm³/mol. The molecule has 1 aromatic rings. The largest absolute Gasteiger partial charge is 0.481 e. The number of carboxylic acids is 1. The van der Waals surface area contributed by atoms with Crippen LogP contribution in [-0.2, 0) is 19.6 Å². The number of sulfonamides is 1. The minimum absolute atomic E-state index is 0.106. The first-order valence-corrected chi connectivity index (χ1v) is 8.30. The molecule has 1 aromatic heterocycles. The summed E-state index contributed by atoms with van der Waals surface area (Å²) in [5.74, 6) is -2.35. The van der Waals surface area contributed by atoms with E-state index in [9.17, 15) is 18.0 Å². The molecule has 2 rings (SSSR count). The first-order chi connectivity index (χ1) is 10.4. The summed E-state index contributed by atoms with van der Waals surface area (Å²) in [4.78, 5) is 22.4. The molecule has 0 unspecified atom stereocenters. The van der Waals surface area contributed by atoms with Crippen molar-refractivity contribution < 1.29 is 32.3 Å². The summed E-state index contributed by atoms with van der Waals surface area (Å²) < 4.78 is 35.8. The lowest BCUT2D eigenvalue weighted by atomic mass is 9.99. The molecule has 9 heteroatoms. The molecule has 1 aliphatic heterocycles. The SMILES string of the molecule is CCOC(=O)c1ccc(S(=O)(=O)N2CCC(C(=O)O)CC2)o1. The van der Waals surface area contributed by atoms with Gasteiger partial charge in [0.25, 0.3) is 10.0 Å². The van der Waals surface area contributed by atoms with Crippen LogP contribution in [0.5, 0.6) is 0 Å². The third-order valence-corrected chi connectivity index (χ3v) is 5.23. The number of carbonyl (C=O) groups excluding carboxylic acids is 1.